The Bertz CT molecular complexity index is 5190. The van der Waals surface area contributed by atoms with E-state index in [4.69, 9.17) is 0 Å². The molecule has 0 amide bonds. The first-order valence-electron chi connectivity index (χ1n) is 52.7. The van der Waals surface area contributed by atoms with E-state index in [1.807, 2.05) is 0 Å². The molecule has 8 aromatic rings. The van der Waals surface area contributed by atoms with Crippen LogP contribution in [0.3, 0.4) is 0 Å². The SMILES string of the molecule is CC(C)(C)c1c(C(F)(F)C(C)(F)F)cccc1C(F)(F)C(F)(F)F.CC(C)(C)c1c(CC([Si](C)(C)C)[Si](C)(C)C)cccc1CC([Si](C)(C)C)[Si](C)(C)C.CC(C)(C)c1c([Si](C)(C)C)cccc1[Si](C)(C)C.CC(C)(C)c1ccccc1C(F)(F)C(F)(F)F.CC(C)(C)c1ccccc1CC([Si](C)(C)C)[Si](C)(C)C.CC(C)(C)c1ccccc1[Si](C)(C)C.Cc1cccc(C)c1C(C)(C)C.Cc1ccccc1C(C)(C)C. The lowest BCUT2D eigenvalue weighted by Crippen LogP contribution is -2.52. The van der Waals surface area contributed by atoms with Gasteiger partial charge in [-0.3, -0.25) is 0 Å². The summed E-state index contributed by atoms with van der Waals surface area (Å²) in [5.41, 5.74) is 12.1. The first-order valence-corrected chi connectivity index (χ1v) is 84.7. The zero-order valence-electron chi connectivity index (χ0n) is 102. The number of aryl methyl sites for hydroxylation is 3. The number of halogens is 14. The van der Waals surface area contributed by atoms with Crippen molar-refractivity contribution in [1.82, 2.24) is 0 Å². The second-order valence-corrected chi connectivity index (χ2v) is 108. The van der Waals surface area contributed by atoms with Crippen molar-refractivity contribution in [3.63, 3.8) is 0 Å². The number of hydrogen-bond donors (Lipinski definition) is 0. The molecule has 8 rings (SSSR count). The van der Waals surface area contributed by atoms with Crippen LogP contribution in [0.15, 0.2) is 170 Å². The van der Waals surface area contributed by atoms with Crippen LogP contribution in [0.1, 0.15) is 268 Å². The molecule has 0 unspecified atom stereocenters. The highest BCUT2D eigenvalue weighted by molar-refractivity contribution is 6.98. The summed E-state index contributed by atoms with van der Waals surface area (Å²) < 4.78 is 184. The third-order valence-electron chi connectivity index (χ3n) is 27.3. The lowest BCUT2D eigenvalue weighted by atomic mass is 9.76. The molecule has 0 atom stereocenters. The minimum absolute atomic E-state index is 0.00215. The zero-order valence-corrected chi connectivity index (χ0v) is 111. The van der Waals surface area contributed by atoms with Crippen LogP contribution in [0.2, 0.25) is 192 Å². The molecule has 0 aliphatic carbocycles. The predicted octanol–water partition coefficient (Wildman–Crippen LogP) is 40.9. The Morgan fingerprint density at radius 2 is 0.404 bits per heavy atom. The maximum Gasteiger partial charge on any atom is 0.458 e. The van der Waals surface area contributed by atoms with Crippen molar-refractivity contribution in [3.05, 3.63) is 264 Å². The highest BCUT2D eigenvalue weighted by Gasteiger charge is 2.63. The second-order valence-electron chi connectivity index (χ2n) is 59.1. The van der Waals surface area contributed by atoms with Crippen LogP contribution in [-0.2, 0) is 80.3 Å². The second kappa shape index (κ2) is 49.7. The van der Waals surface area contributed by atoms with E-state index < -0.39 is 142 Å². The van der Waals surface area contributed by atoms with Gasteiger partial charge in [-0.1, -0.05) is 528 Å². The average molecular weight is 2200 g/mol. The van der Waals surface area contributed by atoms with E-state index in [1.165, 1.54) is 70.8 Å². The number of alkyl halides is 14. The van der Waals surface area contributed by atoms with Gasteiger partial charge in [0.15, 0.2) is 0 Å². The Morgan fingerprint density at radius 3 is 0.671 bits per heavy atom. The lowest BCUT2D eigenvalue weighted by Gasteiger charge is -2.41. The van der Waals surface area contributed by atoms with Crippen molar-refractivity contribution < 1.29 is 61.5 Å². The van der Waals surface area contributed by atoms with Crippen LogP contribution in [0.25, 0.3) is 0 Å². The van der Waals surface area contributed by atoms with E-state index in [2.05, 4.69) is 450 Å². The fraction of sp³-hybridized carbons (Fsp3) is 0.610. The fourth-order valence-corrected chi connectivity index (χ4v) is 63.3. The Morgan fingerprint density at radius 1 is 0.185 bits per heavy atom. The van der Waals surface area contributed by atoms with Gasteiger partial charge in [0.05, 0.1) is 24.2 Å². The quantitative estimate of drug-likeness (QED) is 0.0559. The first-order chi connectivity index (χ1) is 64.2. The fourth-order valence-electron chi connectivity index (χ4n) is 21.4. The molecule has 23 heteroatoms. The standard InChI is InChI=1S/C26H54Si4.C18H34Si2.C16H30Si2.C15H15F9.C13H22Si.C12H13F5.C12H18.C11H16/c1-26(2,3)25-21(19-23(27(4,5)6)28(7,8)9)17-16-18-22(25)20-24(29(10,11)12)30(13,14)15;1-18(2,3)16-13-11-10-12-15(16)14-17(19(4,5)6)20(7,8)9;1-16(2,3)15-13(17(4,5)6)11-10-12-14(15)18(7,8)9;1-11(2,3)10-8(13(18,19)12(4,16)17)6-5-7-9(10)14(20,21)15(22,23)24;1-13(2,3)11-9-7-8-10-12(11)14(4,5)6;1-10(2,3)8-6-4-5-7-9(8)11(13,14)12(15,16)17;1-9-7-6-8-10(2)11(9)12(3,4)5;1-9-7-5-6-8-10(9)11(2,3)4/h16-18,23-24H,19-20H2,1-15H3;10-13,17H,14H2,1-9H3;10-12H,1-9H3;5-7H,1-4H3;7-10H,1-6H3;4-7H,1-3H3;6-8H,1-5H3;5-8H,1-4H3. The molecule has 0 bridgehead atoms. The first kappa shape index (κ1) is 139. The Labute approximate surface area is 892 Å². The van der Waals surface area contributed by atoms with Crippen LogP contribution in [0.5, 0.6) is 0 Å². The average Bonchev–Trinajstić information content (AvgIpc) is 0.729. The Hall–Kier alpha value is -5.27. The highest BCUT2D eigenvalue weighted by atomic mass is 28.4. The third kappa shape index (κ3) is 40.9. The lowest BCUT2D eigenvalue weighted by molar-refractivity contribution is -0.290. The van der Waals surface area contributed by atoms with E-state index in [0.29, 0.717) is 18.2 Å². The molecule has 0 N–H and O–H groups in total. The van der Waals surface area contributed by atoms with E-state index in [-0.39, 0.29) is 45.0 Å². The third-order valence-corrected chi connectivity index (χ3v) is 62.8. The smallest absolute Gasteiger partial charge is 0.200 e. The monoisotopic (exact) mass is 2200 g/mol. The molecule has 146 heavy (non-hydrogen) atoms. The number of benzene rings is 8. The molecular weight excluding hydrogens is 2000 g/mol. The summed E-state index contributed by atoms with van der Waals surface area (Å²) in [4.78, 5) is 0. The molecule has 0 heterocycles. The Balaban J connectivity index is 0.000000849. The molecule has 828 valence electrons. The van der Waals surface area contributed by atoms with Crippen LogP contribution in [0, 0.1) is 20.8 Å². The van der Waals surface area contributed by atoms with Crippen molar-refractivity contribution in [3.8, 4) is 0 Å². The molecule has 0 aliphatic heterocycles. The topological polar surface area (TPSA) is 0 Å². The van der Waals surface area contributed by atoms with Crippen molar-refractivity contribution in [1.29, 1.82) is 0 Å². The molecule has 0 radical (unpaired) electrons. The van der Waals surface area contributed by atoms with Crippen LogP contribution < -0.4 is 15.6 Å². The molecule has 0 fully saturated rings. The summed E-state index contributed by atoms with van der Waals surface area (Å²) >= 11 is 0. The van der Waals surface area contributed by atoms with Crippen molar-refractivity contribution >= 4 is 88.2 Å². The minimum Gasteiger partial charge on any atom is -0.200 e. The van der Waals surface area contributed by atoms with Crippen molar-refractivity contribution in [2.45, 2.75) is 485 Å². The number of hydrogen-bond acceptors (Lipinski definition) is 0. The predicted molar refractivity (Wildman–Crippen MR) is 641 cm³/mol. The minimum atomic E-state index is -6.06. The van der Waals surface area contributed by atoms with E-state index in [1.54, 1.807) is 69.7 Å². The maximum atomic E-state index is 14.0. The molecule has 0 aromatic heterocycles. The summed E-state index contributed by atoms with van der Waals surface area (Å²) in [6.45, 7) is 125. The van der Waals surface area contributed by atoms with E-state index >= 15 is 0 Å². The highest BCUT2D eigenvalue weighted by Crippen LogP contribution is 2.54. The molecule has 0 saturated heterocycles. The van der Waals surface area contributed by atoms with Gasteiger partial charge in [0, 0.05) is 72.1 Å². The Kier molecular flexibility index (Phi) is 47.2. The van der Waals surface area contributed by atoms with Gasteiger partial charge in [-0.25, -0.2) is 0 Å². The van der Waals surface area contributed by atoms with Gasteiger partial charge in [-0.2, -0.15) is 61.5 Å². The van der Waals surface area contributed by atoms with Crippen LogP contribution >= 0.6 is 0 Å². The molecule has 8 aromatic carbocycles. The van der Waals surface area contributed by atoms with Gasteiger partial charge in [-0.15, -0.1) is 0 Å². The molecular formula is C123H202F14Si9. The van der Waals surface area contributed by atoms with E-state index in [0.717, 1.165) is 42.3 Å². The van der Waals surface area contributed by atoms with E-state index in [9.17, 15) is 61.5 Å². The molecule has 0 saturated carbocycles. The van der Waals surface area contributed by atoms with Gasteiger partial charge in [0.2, 0.25) is 0 Å². The van der Waals surface area contributed by atoms with Crippen LogP contribution in [-0.4, -0.2) is 90.9 Å². The van der Waals surface area contributed by atoms with Crippen molar-refractivity contribution in [2.75, 3.05) is 0 Å². The van der Waals surface area contributed by atoms with Gasteiger partial charge in [0.25, 0.3) is 0 Å². The largest absolute Gasteiger partial charge is 0.458 e. The van der Waals surface area contributed by atoms with Gasteiger partial charge in [0.1, 0.15) is 0 Å². The van der Waals surface area contributed by atoms with Gasteiger partial charge in [-0.05, 0) is 177 Å². The summed E-state index contributed by atoms with van der Waals surface area (Å²) in [6.07, 6.45) is -7.74. The maximum absolute atomic E-state index is 14.0. The summed E-state index contributed by atoms with van der Waals surface area (Å²) in [5.74, 6) is -19.9. The van der Waals surface area contributed by atoms with Gasteiger partial charge >= 0.3 is 36.0 Å². The molecule has 0 nitrogen and oxygen atoms in total. The number of rotatable bonds is 19. The summed E-state index contributed by atoms with van der Waals surface area (Å²) in [6, 6.07) is 53.5. The van der Waals surface area contributed by atoms with Crippen molar-refractivity contribution in [2.24, 2.45) is 0 Å². The summed E-state index contributed by atoms with van der Waals surface area (Å²) in [5, 5.41) is 7.72. The van der Waals surface area contributed by atoms with Gasteiger partial charge < -0.3 is 0 Å². The normalized spacial score (nSPS) is 13.8. The van der Waals surface area contributed by atoms with Crippen LogP contribution in [0.4, 0.5) is 61.5 Å². The summed E-state index contributed by atoms with van der Waals surface area (Å²) in [7, 11) is -10.9. The molecule has 0 spiro atoms. The zero-order chi connectivity index (χ0) is 116. The molecule has 0 aliphatic rings.